The van der Waals surface area contributed by atoms with Gasteiger partial charge in [-0.2, -0.15) is 11.8 Å². The summed E-state index contributed by atoms with van der Waals surface area (Å²) in [6.45, 7) is 1.67. The van der Waals surface area contributed by atoms with Crippen LogP contribution < -0.4 is 5.73 Å². The van der Waals surface area contributed by atoms with E-state index in [-0.39, 0.29) is 5.60 Å². The molecule has 116 valence electrons. The highest BCUT2D eigenvalue weighted by atomic mass is 32.2. The van der Waals surface area contributed by atoms with E-state index in [4.69, 9.17) is 15.2 Å². The summed E-state index contributed by atoms with van der Waals surface area (Å²) in [4.78, 5) is 0. The lowest BCUT2D eigenvalue weighted by molar-refractivity contribution is -0.161. The minimum atomic E-state index is 0.140. The Kier molecular flexibility index (Phi) is 5.29. The zero-order valence-electron chi connectivity index (χ0n) is 12.5. The Bertz CT molecular complexity index is 301. The number of nitrogens with two attached hydrogens (primary N) is 1. The average Bonchev–Trinajstić information content (AvgIpc) is 2.49. The summed E-state index contributed by atoms with van der Waals surface area (Å²) in [5.41, 5.74) is 6.07. The number of rotatable bonds is 3. The Morgan fingerprint density at radius 2 is 1.95 bits per heavy atom. The molecule has 4 heteroatoms. The first kappa shape index (κ1) is 15.1. The number of ether oxygens (including phenoxy) is 2. The zero-order valence-corrected chi connectivity index (χ0v) is 13.3. The van der Waals surface area contributed by atoms with Gasteiger partial charge in [0.25, 0.3) is 0 Å². The lowest BCUT2D eigenvalue weighted by Crippen LogP contribution is -2.47. The van der Waals surface area contributed by atoms with Crippen LogP contribution in [0.5, 0.6) is 0 Å². The molecule has 2 heterocycles. The summed E-state index contributed by atoms with van der Waals surface area (Å²) in [6, 6.07) is 0. The Labute approximate surface area is 127 Å². The highest BCUT2D eigenvalue weighted by Gasteiger charge is 2.40. The molecule has 2 N–H and O–H groups in total. The Hall–Kier alpha value is 0.230. The zero-order chi connectivity index (χ0) is 13.8. The summed E-state index contributed by atoms with van der Waals surface area (Å²) < 4.78 is 12.7. The third-order valence-electron chi connectivity index (χ3n) is 5.36. The molecule has 3 aliphatic rings. The van der Waals surface area contributed by atoms with Gasteiger partial charge in [-0.3, -0.25) is 0 Å². The van der Waals surface area contributed by atoms with Crippen molar-refractivity contribution in [3.05, 3.63) is 0 Å². The summed E-state index contributed by atoms with van der Waals surface area (Å²) in [5.74, 6) is 3.09. The van der Waals surface area contributed by atoms with Crippen LogP contribution in [-0.2, 0) is 9.47 Å². The lowest BCUT2D eigenvalue weighted by Gasteiger charge is -2.44. The number of hydrogen-bond acceptors (Lipinski definition) is 4. The molecule has 3 unspecified atom stereocenters. The Balaban J connectivity index is 1.56. The molecule has 2 aliphatic heterocycles. The van der Waals surface area contributed by atoms with Crippen LogP contribution in [0.25, 0.3) is 0 Å². The van der Waals surface area contributed by atoms with Crippen LogP contribution in [0.3, 0.4) is 0 Å². The molecule has 0 aromatic carbocycles. The minimum absolute atomic E-state index is 0.140. The normalized spacial score (nSPS) is 38.0. The monoisotopic (exact) mass is 299 g/mol. The Morgan fingerprint density at radius 3 is 2.75 bits per heavy atom. The predicted octanol–water partition coefficient (Wildman–Crippen LogP) is 2.97. The van der Waals surface area contributed by atoms with E-state index in [1.54, 1.807) is 0 Å². The maximum atomic E-state index is 6.50. The first-order valence-electron chi connectivity index (χ1n) is 8.39. The van der Waals surface area contributed by atoms with E-state index < -0.39 is 0 Å². The van der Waals surface area contributed by atoms with Crippen LogP contribution in [0.4, 0.5) is 0 Å². The summed E-state index contributed by atoms with van der Waals surface area (Å²) >= 11 is 2.07. The maximum Gasteiger partial charge on any atom is 0.0723 e. The van der Waals surface area contributed by atoms with Gasteiger partial charge >= 0.3 is 0 Å². The van der Waals surface area contributed by atoms with Crippen molar-refractivity contribution in [1.29, 1.82) is 0 Å². The van der Waals surface area contributed by atoms with Crippen LogP contribution in [0.2, 0.25) is 0 Å². The van der Waals surface area contributed by atoms with Gasteiger partial charge in [0.15, 0.2) is 0 Å². The fraction of sp³-hybridized carbons (Fsp3) is 1.00. The average molecular weight is 299 g/mol. The summed E-state index contributed by atoms with van der Waals surface area (Å²) in [6.07, 6.45) is 10.5. The van der Waals surface area contributed by atoms with Gasteiger partial charge < -0.3 is 15.2 Å². The molecule has 0 aromatic rings. The van der Waals surface area contributed by atoms with E-state index in [1.165, 1.54) is 50.0 Å². The van der Waals surface area contributed by atoms with Gasteiger partial charge in [-0.15, -0.1) is 0 Å². The highest BCUT2D eigenvalue weighted by Crippen LogP contribution is 2.39. The molecule has 20 heavy (non-hydrogen) atoms. The molecule has 3 atom stereocenters. The van der Waals surface area contributed by atoms with Gasteiger partial charge in [0.2, 0.25) is 0 Å². The molecular weight excluding hydrogens is 270 g/mol. The van der Waals surface area contributed by atoms with Crippen molar-refractivity contribution >= 4 is 11.8 Å². The molecule has 0 amide bonds. The second-order valence-electron chi connectivity index (χ2n) is 6.71. The first-order valence-corrected chi connectivity index (χ1v) is 9.54. The van der Waals surface area contributed by atoms with Crippen LogP contribution in [-0.4, -0.2) is 42.5 Å². The summed E-state index contributed by atoms with van der Waals surface area (Å²) in [5, 5.41) is 0. The van der Waals surface area contributed by atoms with E-state index in [1.807, 2.05) is 0 Å². The molecule has 1 spiro atoms. The molecule has 3 fully saturated rings. The van der Waals surface area contributed by atoms with Crippen LogP contribution >= 0.6 is 11.8 Å². The van der Waals surface area contributed by atoms with Crippen molar-refractivity contribution in [3.8, 4) is 0 Å². The van der Waals surface area contributed by atoms with Crippen molar-refractivity contribution in [1.82, 2.24) is 0 Å². The molecule has 2 saturated heterocycles. The second kappa shape index (κ2) is 6.99. The van der Waals surface area contributed by atoms with Crippen molar-refractivity contribution in [2.45, 2.75) is 69.2 Å². The molecule has 0 bridgehead atoms. The quantitative estimate of drug-likeness (QED) is 0.870. The smallest absolute Gasteiger partial charge is 0.0723 e. The van der Waals surface area contributed by atoms with Crippen LogP contribution in [0.15, 0.2) is 0 Å². The third-order valence-corrected chi connectivity index (χ3v) is 6.35. The molecule has 1 saturated carbocycles. The van der Waals surface area contributed by atoms with Crippen molar-refractivity contribution in [3.63, 3.8) is 0 Å². The van der Waals surface area contributed by atoms with Gasteiger partial charge in [-0.05, 0) is 56.1 Å². The standard InChI is InChI=1S/C16H29NO2S/c17-12-13-3-1-2-4-15(13)19-14-5-8-18-16(11-14)6-9-20-10-7-16/h13-15H,1-12,17H2. The second-order valence-corrected chi connectivity index (χ2v) is 7.94. The highest BCUT2D eigenvalue weighted by molar-refractivity contribution is 7.99. The summed E-state index contributed by atoms with van der Waals surface area (Å²) in [7, 11) is 0. The van der Waals surface area contributed by atoms with E-state index in [2.05, 4.69) is 11.8 Å². The lowest BCUT2D eigenvalue weighted by atomic mass is 9.84. The molecule has 1 aliphatic carbocycles. The first-order chi connectivity index (χ1) is 9.81. The van der Waals surface area contributed by atoms with Crippen molar-refractivity contribution in [2.75, 3.05) is 24.7 Å². The van der Waals surface area contributed by atoms with Gasteiger partial charge in [0, 0.05) is 13.0 Å². The maximum absolute atomic E-state index is 6.50. The molecule has 3 nitrogen and oxygen atoms in total. The Morgan fingerprint density at radius 1 is 1.15 bits per heavy atom. The minimum Gasteiger partial charge on any atom is -0.375 e. The molecule has 0 aromatic heterocycles. The molecular formula is C16H29NO2S. The van der Waals surface area contributed by atoms with Crippen molar-refractivity contribution in [2.24, 2.45) is 11.7 Å². The third kappa shape index (κ3) is 3.52. The van der Waals surface area contributed by atoms with E-state index in [0.717, 1.165) is 26.0 Å². The topological polar surface area (TPSA) is 44.5 Å². The van der Waals surface area contributed by atoms with Gasteiger partial charge in [-0.1, -0.05) is 12.8 Å². The number of hydrogen-bond donors (Lipinski definition) is 1. The number of thioether (sulfide) groups is 1. The SMILES string of the molecule is NCC1CCCCC1OC1CCOC2(CCSCC2)C1. The molecule has 0 radical (unpaired) electrons. The van der Waals surface area contributed by atoms with E-state index in [0.29, 0.717) is 18.1 Å². The van der Waals surface area contributed by atoms with Gasteiger partial charge in [-0.25, -0.2) is 0 Å². The fourth-order valence-electron chi connectivity index (χ4n) is 4.06. The predicted molar refractivity (Wildman–Crippen MR) is 84.1 cm³/mol. The fourth-order valence-corrected chi connectivity index (χ4v) is 5.30. The van der Waals surface area contributed by atoms with Gasteiger partial charge in [0.1, 0.15) is 0 Å². The van der Waals surface area contributed by atoms with E-state index >= 15 is 0 Å². The molecule has 3 rings (SSSR count). The van der Waals surface area contributed by atoms with Crippen molar-refractivity contribution < 1.29 is 9.47 Å². The van der Waals surface area contributed by atoms with E-state index in [9.17, 15) is 0 Å². The van der Waals surface area contributed by atoms with Crippen LogP contribution in [0, 0.1) is 5.92 Å². The largest absolute Gasteiger partial charge is 0.375 e. The van der Waals surface area contributed by atoms with Gasteiger partial charge in [0.05, 0.1) is 17.8 Å². The van der Waals surface area contributed by atoms with Crippen LogP contribution in [0.1, 0.15) is 51.4 Å².